The molecule has 0 saturated carbocycles. The smallest absolute Gasteiger partial charge is 0.273 e. The largest absolute Gasteiger partial charge is 0.497 e. The van der Waals surface area contributed by atoms with E-state index in [2.05, 4.69) is 15.2 Å². The lowest BCUT2D eigenvalue weighted by Crippen LogP contribution is -2.32. The Morgan fingerprint density at radius 3 is 2.67 bits per heavy atom. The summed E-state index contributed by atoms with van der Waals surface area (Å²) in [5.74, 6) is 0.690. The van der Waals surface area contributed by atoms with Crippen LogP contribution in [0.3, 0.4) is 0 Å². The number of aromatic amines is 1. The lowest BCUT2D eigenvalue weighted by molar-refractivity contribution is 0.0677. The molecule has 1 aliphatic heterocycles. The highest BCUT2D eigenvalue weighted by molar-refractivity contribution is 6.00. The predicted octanol–water partition coefficient (Wildman–Crippen LogP) is 2.67. The van der Waals surface area contributed by atoms with Crippen LogP contribution in [0.15, 0.2) is 48.8 Å². The molecule has 138 valence electrons. The molecule has 0 bridgehead atoms. The number of nitrogens with zero attached hydrogens (tertiary/aromatic N) is 3. The number of hydrogen-bond acceptors (Lipinski definition) is 5. The average molecular weight is 364 g/mol. The van der Waals surface area contributed by atoms with Crippen LogP contribution in [0.4, 0.5) is 0 Å². The fourth-order valence-corrected chi connectivity index (χ4v) is 3.47. The molecule has 0 spiro atoms. The summed E-state index contributed by atoms with van der Waals surface area (Å²) in [6, 6.07) is 11.2. The average Bonchev–Trinajstić information content (AvgIpc) is 3.26. The predicted molar refractivity (Wildman–Crippen MR) is 99.6 cm³/mol. The number of aromatic nitrogens is 3. The van der Waals surface area contributed by atoms with E-state index in [1.165, 1.54) is 0 Å². The van der Waals surface area contributed by atoms with E-state index in [1.807, 2.05) is 36.4 Å². The molecule has 7 nitrogen and oxygen atoms in total. The van der Waals surface area contributed by atoms with Gasteiger partial charge in [-0.2, -0.15) is 5.10 Å². The highest BCUT2D eigenvalue weighted by Crippen LogP contribution is 2.42. The fourth-order valence-electron chi connectivity index (χ4n) is 3.47. The van der Waals surface area contributed by atoms with Crippen molar-refractivity contribution < 1.29 is 14.3 Å². The third-order valence-electron chi connectivity index (χ3n) is 4.76. The minimum Gasteiger partial charge on any atom is -0.497 e. The van der Waals surface area contributed by atoms with Gasteiger partial charge in [-0.25, -0.2) is 0 Å². The second-order valence-electron chi connectivity index (χ2n) is 6.27. The number of fused-ring (bicyclic) bond motifs is 1. The van der Waals surface area contributed by atoms with Crippen LogP contribution in [0.2, 0.25) is 0 Å². The van der Waals surface area contributed by atoms with Crippen molar-refractivity contribution in [1.82, 2.24) is 20.1 Å². The summed E-state index contributed by atoms with van der Waals surface area (Å²) < 4.78 is 10.4. The zero-order chi connectivity index (χ0) is 18.8. The molecule has 1 N–H and O–H groups in total. The Kier molecular flexibility index (Phi) is 4.60. The Morgan fingerprint density at radius 1 is 1.19 bits per heavy atom. The van der Waals surface area contributed by atoms with Crippen LogP contribution in [0.5, 0.6) is 5.75 Å². The molecule has 1 atom stereocenters. The Balaban J connectivity index is 1.82. The zero-order valence-electron chi connectivity index (χ0n) is 15.2. The number of rotatable bonds is 6. The van der Waals surface area contributed by atoms with Crippen LogP contribution in [0, 0.1) is 0 Å². The first kappa shape index (κ1) is 17.2. The van der Waals surface area contributed by atoms with Gasteiger partial charge in [0.15, 0.2) is 0 Å². The zero-order valence-corrected chi connectivity index (χ0v) is 15.2. The summed E-state index contributed by atoms with van der Waals surface area (Å²) in [7, 11) is 3.26. The van der Waals surface area contributed by atoms with E-state index in [1.54, 1.807) is 31.5 Å². The highest BCUT2D eigenvalue weighted by Gasteiger charge is 2.42. The van der Waals surface area contributed by atoms with Gasteiger partial charge in [-0.05, 0) is 35.9 Å². The molecule has 1 aliphatic rings. The van der Waals surface area contributed by atoms with E-state index >= 15 is 0 Å². The molecule has 1 aromatic carbocycles. The Hall–Kier alpha value is -3.19. The van der Waals surface area contributed by atoms with Crippen molar-refractivity contribution in [2.45, 2.75) is 6.04 Å². The maximum Gasteiger partial charge on any atom is 0.273 e. The van der Waals surface area contributed by atoms with E-state index in [9.17, 15) is 4.79 Å². The Labute approximate surface area is 156 Å². The van der Waals surface area contributed by atoms with Gasteiger partial charge in [0.2, 0.25) is 0 Å². The first-order valence-electron chi connectivity index (χ1n) is 8.67. The molecule has 3 heterocycles. The summed E-state index contributed by atoms with van der Waals surface area (Å²) >= 11 is 0. The number of benzene rings is 1. The molecule has 0 fully saturated rings. The number of amides is 1. The van der Waals surface area contributed by atoms with Gasteiger partial charge >= 0.3 is 0 Å². The van der Waals surface area contributed by atoms with Crippen molar-refractivity contribution in [1.29, 1.82) is 0 Å². The maximum atomic E-state index is 13.0. The van der Waals surface area contributed by atoms with Gasteiger partial charge in [-0.15, -0.1) is 0 Å². The quantitative estimate of drug-likeness (QED) is 0.727. The molecule has 0 saturated heterocycles. The maximum absolute atomic E-state index is 13.0. The number of nitrogens with one attached hydrogen (secondary N) is 1. The van der Waals surface area contributed by atoms with Gasteiger partial charge in [0.05, 0.1) is 25.5 Å². The van der Waals surface area contributed by atoms with E-state index < -0.39 is 0 Å². The fraction of sp³-hybridized carbons (Fsp3) is 0.250. The first-order valence-corrected chi connectivity index (χ1v) is 8.67. The number of pyridine rings is 1. The molecule has 27 heavy (non-hydrogen) atoms. The molecule has 0 aliphatic carbocycles. The van der Waals surface area contributed by atoms with E-state index in [0.29, 0.717) is 18.8 Å². The lowest BCUT2D eigenvalue weighted by Gasteiger charge is -2.25. The van der Waals surface area contributed by atoms with Crippen LogP contribution >= 0.6 is 0 Å². The SMILES string of the molecule is COCCN1C(=O)c2[nH]nc(-c3ccc(OC)cc3)c2[C@H]1c1cccnc1. The van der Waals surface area contributed by atoms with Gasteiger partial charge in [0.25, 0.3) is 5.91 Å². The standard InChI is InChI=1S/C20H20N4O3/c1-26-11-10-24-19(14-4-3-9-21-12-14)16-17(22-23-18(16)20(24)25)13-5-7-15(27-2)8-6-13/h3-9,12,19H,10-11H2,1-2H3,(H,22,23)/t19-/m1/s1. The third kappa shape index (κ3) is 2.96. The normalized spacial score (nSPS) is 15.9. The van der Waals surface area contributed by atoms with E-state index in [-0.39, 0.29) is 11.9 Å². The summed E-state index contributed by atoms with van der Waals surface area (Å²) in [4.78, 5) is 19.0. The molecule has 3 aromatic rings. The minimum atomic E-state index is -0.257. The van der Waals surface area contributed by atoms with E-state index in [4.69, 9.17) is 9.47 Å². The Morgan fingerprint density at radius 2 is 2.00 bits per heavy atom. The molecular weight excluding hydrogens is 344 g/mol. The number of H-pyrrole nitrogens is 1. The number of carbonyl (C=O) groups is 1. The molecule has 1 amide bonds. The third-order valence-corrected chi connectivity index (χ3v) is 4.76. The van der Waals surface area contributed by atoms with Crippen LogP contribution < -0.4 is 4.74 Å². The van der Waals surface area contributed by atoms with Crippen molar-refractivity contribution >= 4 is 5.91 Å². The number of ether oxygens (including phenoxy) is 2. The summed E-state index contributed by atoms with van der Waals surface area (Å²) in [5.41, 5.74) is 4.01. The van der Waals surface area contributed by atoms with Crippen molar-refractivity contribution in [2.75, 3.05) is 27.4 Å². The highest BCUT2D eigenvalue weighted by atomic mass is 16.5. The second-order valence-corrected chi connectivity index (χ2v) is 6.27. The number of methoxy groups -OCH3 is 2. The van der Waals surface area contributed by atoms with Crippen molar-refractivity contribution in [2.24, 2.45) is 0 Å². The molecule has 2 aromatic heterocycles. The second kappa shape index (κ2) is 7.20. The van der Waals surface area contributed by atoms with Gasteiger partial charge in [0.1, 0.15) is 11.4 Å². The van der Waals surface area contributed by atoms with Crippen molar-refractivity contribution in [3.8, 4) is 17.0 Å². The first-order chi connectivity index (χ1) is 13.2. The number of carbonyl (C=O) groups excluding carboxylic acids is 1. The van der Waals surface area contributed by atoms with Gasteiger partial charge in [-0.1, -0.05) is 6.07 Å². The molecule has 4 rings (SSSR count). The monoisotopic (exact) mass is 364 g/mol. The van der Waals surface area contributed by atoms with E-state index in [0.717, 1.165) is 28.1 Å². The van der Waals surface area contributed by atoms with Crippen molar-refractivity contribution in [3.63, 3.8) is 0 Å². The van der Waals surface area contributed by atoms with Crippen LogP contribution in [-0.4, -0.2) is 53.4 Å². The molecule has 7 heteroatoms. The molecule has 0 unspecified atom stereocenters. The summed E-state index contributed by atoms with van der Waals surface area (Å²) in [6.45, 7) is 0.942. The van der Waals surface area contributed by atoms with Crippen LogP contribution in [-0.2, 0) is 4.74 Å². The van der Waals surface area contributed by atoms with Gasteiger partial charge in [-0.3, -0.25) is 14.9 Å². The Bertz CT molecular complexity index is 938. The van der Waals surface area contributed by atoms with Crippen LogP contribution in [0.25, 0.3) is 11.3 Å². The van der Waals surface area contributed by atoms with Crippen molar-refractivity contribution in [3.05, 3.63) is 65.6 Å². The van der Waals surface area contributed by atoms with Gasteiger partial charge < -0.3 is 14.4 Å². The molecule has 0 radical (unpaired) electrons. The van der Waals surface area contributed by atoms with Gasteiger partial charge in [0, 0.05) is 37.2 Å². The summed E-state index contributed by atoms with van der Waals surface area (Å²) in [5, 5.41) is 7.38. The number of hydrogen-bond donors (Lipinski definition) is 1. The molecular formula is C20H20N4O3. The van der Waals surface area contributed by atoms with Crippen LogP contribution in [0.1, 0.15) is 27.7 Å². The topological polar surface area (TPSA) is 80.3 Å². The minimum absolute atomic E-state index is 0.0804. The lowest BCUT2D eigenvalue weighted by atomic mass is 9.97. The summed E-state index contributed by atoms with van der Waals surface area (Å²) in [6.07, 6.45) is 3.51.